The average Bonchev–Trinajstić information content (AvgIpc) is 3.11. The van der Waals surface area contributed by atoms with Gasteiger partial charge in [-0.25, -0.2) is 4.79 Å². The predicted molar refractivity (Wildman–Crippen MR) is 105 cm³/mol. The topological polar surface area (TPSA) is 59.1 Å². The maximum Gasteiger partial charge on any atom is 0.410 e. The van der Waals surface area contributed by atoms with Crippen molar-refractivity contribution < 1.29 is 19.1 Å². The van der Waals surface area contributed by atoms with Crippen LogP contribution in [0.2, 0.25) is 0 Å². The normalized spacial score (nSPS) is 29.3. The molecule has 2 amide bonds. The van der Waals surface area contributed by atoms with Gasteiger partial charge in [0.1, 0.15) is 11.8 Å². The van der Waals surface area contributed by atoms with Crippen LogP contribution in [-0.4, -0.2) is 52.3 Å². The average molecular weight is 386 g/mol. The Hall–Kier alpha value is -2.08. The molecule has 6 nitrogen and oxygen atoms in total. The summed E-state index contributed by atoms with van der Waals surface area (Å²) in [5.74, 6) is 0.0743. The van der Waals surface area contributed by atoms with Gasteiger partial charge in [0.15, 0.2) is 5.60 Å². The highest BCUT2D eigenvalue weighted by molar-refractivity contribution is 5.89. The Morgan fingerprint density at radius 3 is 2.39 bits per heavy atom. The van der Waals surface area contributed by atoms with E-state index in [-0.39, 0.29) is 23.8 Å². The number of rotatable bonds is 1. The highest BCUT2D eigenvalue weighted by Crippen LogP contribution is 2.50. The molecule has 3 saturated heterocycles. The van der Waals surface area contributed by atoms with E-state index < -0.39 is 11.2 Å². The largest absolute Gasteiger partial charge is 0.444 e. The third kappa shape index (κ3) is 3.08. The fraction of sp³-hybridized carbons (Fsp3) is 0.636. The first kappa shape index (κ1) is 19.2. The molecule has 3 heterocycles. The van der Waals surface area contributed by atoms with Crippen molar-refractivity contribution in [1.29, 1.82) is 0 Å². The minimum absolute atomic E-state index is 0.0743. The van der Waals surface area contributed by atoms with Gasteiger partial charge in [0.2, 0.25) is 0 Å². The zero-order valence-electron chi connectivity index (χ0n) is 17.2. The maximum atomic E-state index is 13.5. The zero-order valence-corrected chi connectivity index (χ0v) is 17.2. The van der Waals surface area contributed by atoms with Gasteiger partial charge in [0, 0.05) is 25.9 Å². The van der Waals surface area contributed by atoms with Crippen LogP contribution in [0.3, 0.4) is 0 Å². The number of piperidine rings is 1. The van der Waals surface area contributed by atoms with Gasteiger partial charge in [0.25, 0.3) is 5.91 Å². The van der Waals surface area contributed by atoms with Crippen LogP contribution in [0.15, 0.2) is 30.3 Å². The third-order valence-corrected chi connectivity index (χ3v) is 6.29. The molecule has 0 aliphatic carbocycles. The number of nitrogens with zero attached hydrogens (tertiary/aromatic N) is 2. The molecular weight excluding hydrogens is 356 g/mol. The molecule has 4 rings (SSSR count). The van der Waals surface area contributed by atoms with E-state index in [1.807, 2.05) is 43.9 Å². The van der Waals surface area contributed by atoms with E-state index >= 15 is 0 Å². The van der Waals surface area contributed by atoms with Crippen LogP contribution in [-0.2, 0) is 19.8 Å². The molecule has 1 aromatic carbocycles. The molecule has 28 heavy (non-hydrogen) atoms. The Balaban J connectivity index is 1.49. The lowest BCUT2D eigenvalue weighted by atomic mass is 9.85. The van der Waals surface area contributed by atoms with Crippen molar-refractivity contribution in [2.24, 2.45) is 0 Å². The van der Waals surface area contributed by atoms with E-state index in [0.29, 0.717) is 25.9 Å². The van der Waals surface area contributed by atoms with E-state index in [1.165, 1.54) is 0 Å². The Kier molecular flexibility index (Phi) is 4.45. The number of hydrogen-bond donors (Lipinski definition) is 0. The second-order valence-electron chi connectivity index (χ2n) is 9.39. The molecule has 3 aliphatic heterocycles. The molecule has 0 saturated carbocycles. The van der Waals surface area contributed by atoms with Crippen molar-refractivity contribution in [2.45, 2.75) is 76.3 Å². The smallest absolute Gasteiger partial charge is 0.410 e. The van der Waals surface area contributed by atoms with Crippen molar-refractivity contribution in [3.05, 3.63) is 35.9 Å². The standard InChI is InChI=1S/C22H30N2O4/c1-20(2,3)28-19(26)23-14-12-22(13-15-23)18(25)24-17(27-22)10-11-21(24,4)16-8-6-5-7-9-16/h5-9,17H,10-15H2,1-4H3. The van der Waals surface area contributed by atoms with Crippen LogP contribution in [0.4, 0.5) is 4.79 Å². The SMILES string of the molecule is CC(C)(C)OC(=O)N1CCC2(CC1)OC1CCC(C)(c3ccccc3)N1C2=O. The summed E-state index contributed by atoms with van der Waals surface area (Å²) >= 11 is 0. The highest BCUT2D eigenvalue weighted by atomic mass is 16.6. The van der Waals surface area contributed by atoms with E-state index in [9.17, 15) is 9.59 Å². The lowest BCUT2D eigenvalue weighted by molar-refractivity contribution is -0.144. The molecule has 0 aromatic heterocycles. The van der Waals surface area contributed by atoms with Crippen molar-refractivity contribution in [3.8, 4) is 0 Å². The van der Waals surface area contributed by atoms with Gasteiger partial charge < -0.3 is 19.3 Å². The monoisotopic (exact) mass is 386 g/mol. The lowest BCUT2D eigenvalue weighted by Gasteiger charge is -2.39. The molecule has 1 aromatic rings. The zero-order chi connectivity index (χ0) is 20.2. The first-order valence-electron chi connectivity index (χ1n) is 10.2. The highest BCUT2D eigenvalue weighted by Gasteiger charge is 2.61. The fourth-order valence-corrected chi connectivity index (χ4v) is 4.76. The van der Waals surface area contributed by atoms with Crippen LogP contribution in [0.25, 0.3) is 0 Å². The van der Waals surface area contributed by atoms with Crippen LogP contribution in [0.1, 0.15) is 58.9 Å². The van der Waals surface area contributed by atoms with E-state index in [2.05, 4.69) is 19.1 Å². The third-order valence-electron chi connectivity index (χ3n) is 6.29. The summed E-state index contributed by atoms with van der Waals surface area (Å²) < 4.78 is 11.8. The summed E-state index contributed by atoms with van der Waals surface area (Å²) in [7, 11) is 0. The second-order valence-corrected chi connectivity index (χ2v) is 9.39. The summed E-state index contributed by atoms with van der Waals surface area (Å²) in [6, 6.07) is 10.2. The van der Waals surface area contributed by atoms with Crippen molar-refractivity contribution in [3.63, 3.8) is 0 Å². The van der Waals surface area contributed by atoms with Crippen molar-refractivity contribution in [1.82, 2.24) is 9.80 Å². The molecule has 0 radical (unpaired) electrons. The minimum Gasteiger partial charge on any atom is -0.444 e. The minimum atomic E-state index is -0.806. The molecule has 2 atom stereocenters. The Labute approximate surface area is 166 Å². The molecule has 6 heteroatoms. The van der Waals surface area contributed by atoms with Crippen molar-refractivity contribution in [2.75, 3.05) is 13.1 Å². The number of hydrogen-bond acceptors (Lipinski definition) is 4. The summed E-state index contributed by atoms with van der Waals surface area (Å²) in [4.78, 5) is 29.5. The summed E-state index contributed by atoms with van der Waals surface area (Å²) in [5.41, 5.74) is -0.515. The van der Waals surface area contributed by atoms with Gasteiger partial charge in [-0.2, -0.15) is 0 Å². The van der Waals surface area contributed by atoms with Gasteiger partial charge in [-0.1, -0.05) is 30.3 Å². The number of carbonyl (C=O) groups is 2. The van der Waals surface area contributed by atoms with E-state index in [1.54, 1.807) is 4.90 Å². The van der Waals surface area contributed by atoms with Crippen LogP contribution >= 0.6 is 0 Å². The van der Waals surface area contributed by atoms with Gasteiger partial charge in [-0.05, 0) is 46.1 Å². The quantitative estimate of drug-likeness (QED) is 0.739. The Morgan fingerprint density at radius 1 is 1.14 bits per heavy atom. The number of benzene rings is 1. The van der Waals surface area contributed by atoms with E-state index in [4.69, 9.17) is 9.47 Å². The molecule has 152 valence electrons. The molecule has 3 aliphatic rings. The second kappa shape index (κ2) is 6.48. The lowest BCUT2D eigenvalue weighted by Crippen LogP contribution is -2.54. The van der Waals surface area contributed by atoms with Crippen molar-refractivity contribution >= 4 is 12.0 Å². The molecular formula is C22H30N2O4. The predicted octanol–water partition coefficient (Wildman–Crippen LogP) is 3.65. The van der Waals surface area contributed by atoms with E-state index in [0.717, 1.165) is 18.4 Å². The molecule has 0 bridgehead atoms. The van der Waals surface area contributed by atoms with Gasteiger partial charge in [-0.15, -0.1) is 0 Å². The van der Waals surface area contributed by atoms with Crippen LogP contribution in [0, 0.1) is 0 Å². The molecule has 2 unspecified atom stereocenters. The number of fused-ring (bicyclic) bond motifs is 1. The maximum absolute atomic E-state index is 13.5. The fourth-order valence-electron chi connectivity index (χ4n) is 4.76. The summed E-state index contributed by atoms with van der Waals surface area (Å²) in [5, 5.41) is 0. The summed E-state index contributed by atoms with van der Waals surface area (Å²) in [6.07, 6.45) is 2.28. The number of ether oxygens (including phenoxy) is 2. The molecule has 1 spiro atoms. The van der Waals surface area contributed by atoms with Gasteiger partial charge in [0.05, 0.1) is 5.54 Å². The van der Waals surface area contributed by atoms with Gasteiger partial charge >= 0.3 is 6.09 Å². The van der Waals surface area contributed by atoms with Crippen LogP contribution in [0.5, 0.6) is 0 Å². The Morgan fingerprint density at radius 2 is 1.79 bits per heavy atom. The summed E-state index contributed by atoms with van der Waals surface area (Å²) in [6.45, 7) is 8.67. The molecule has 3 fully saturated rings. The first-order valence-corrected chi connectivity index (χ1v) is 10.2. The number of likely N-dealkylation sites (tertiary alicyclic amines) is 1. The first-order chi connectivity index (χ1) is 13.1. The Bertz CT molecular complexity index is 764. The van der Waals surface area contributed by atoms with Crippen LogP contribution < -0.4 is 0 Å². The van der Waals surface area contributed by atoms with Gasteiger partial charge in [-0.3, -0.25) is 4.79 Å². The molecule has 0 N–H and O–H groups in total. The number of amides is 2. The number of carbonyl (C=O) groups excluding carboxylic acids is 2.